The molecule has 1 aromatic rings. The van der Waals surface area contributed by atoms with E-state index in [2.05, 4.69) is 5.32 Å². The average molecular weight is 293 g/mol. The van der Waals surface area contributed by atoms with Gasteiger partial charge in [-0.25, -0.2) is 0 Å². The van der Waals surface area contributed by atoms with Crippen molar-refractivity contribution in [1.82, 2.24) is 5.32 Å². The number of nitro groups is 1. The predicted octanol–water partition coefficient (Wildman–Crippen LogP) is 1.40. The zero-order valence-corrected chi connectivity index (χ0v) is 12.3. The quantitative estimate of drug-likeness (QED) is 0.609. The zero-order valence-electron chi connectivity index (χ0n) is 12.3. The second-order valence-electron chi connectivity index (χ2n) is 5.05. The Morgan fingerprint density at radius 2 is 2.00 bits per heavy atom. The van der Waals surface area contributed by atoms with Gasteiger partial charge in [0.25, 0.3) is 11.6 Å². The second-order valence-corrected chi connectivity index (χ2v) is 5.05. The van der Waals surface area contributed by atoms with Crippen LogP contribution >= 0.6 is 0 Å². The third-order valence-electron chi connectivity index (χ3n) is 3.18. The van der Waals surface area contributed by atoms with Gasteiger partial charge in [-0.3, -0.25) is 19.7 Å². The summed E-state index contributed by atoms with van der Waals surface area (Å²) in [5.41, 5.74) is 5.80. The number of hydrogen-bond acceptors (Lipinski definition) is 4. The highest BCUT2D eigenvalue weighted by Gasteiger charge is 2.23. The van der Waals surface area contributed by atoms with Gasteiger partial charge >= 0.3 is 0 Å². The highest BCUT2D eigenvalue weighted by atomic mass is 16.6. The molecule has 3 N–H and O–H groups in total. The number of nitrogens with two attached hydrogens (primary N) is 1. The van der Waals surface area contributed by atoms with Crippen LogP contribution in [0.15, 0.2) is 18.2 Å². The number of primary amides is 1. The standard InChI is InChI=1S/C14H19N3O4/c1-4-9-5-6-10(7-11(9)17(20)21)14(19)16-12(8(2)3)13(15)18/h5-8,12H,4H2,1-3H3,(H2,15,18)(H,16,19)/t12-/m0/s1. The summed E-state index contributed by atoms with van der Waals surface area (Å²) < 4.78 is 0. The lowest BCUT2D eigenvalue weighted by Gasteiger charge is -2.18. The van der Waals surface area contributed by atoms with Crippen LogP contribution in [0.3, 0.4) is 0 Å². The van der Waals surface area contributed by atoms with Gasteiger partial charge in [0.1, 0.15) is 6.04 Å². The Hall–Kier alpha value is -2.44. The van der Waals surface area contributed by atoms with E-state index < -0.39 is 22.8 Å². The molecule has 0 fully saturated rings. The van der Waals surface area contributed by atoms with E-state index in [1.807, 2.05) is 0 Å². The van der Waals surface area contributed by atoms with E-state index in [1.165, 1.54) is 12.1 Å². The SMILES string of the molecule is CCc1ccc(C(=O)N[C@H](C(N)=O)C(C)C)cc1[N+](=O)[O-]. The normalized spacial score (nSPS) is 12.0. The van der Waals surface area contributed by atoms with E-state index in [4.69, 9.17) is 5.73 Å². The fraction of sp³-hybridized carbons (Fsp3) is 0.429. The Kier molecular flexibility index (Phi) is 5.40. The zero-order chi connectivity index (χ0) is 16.2. The topological polar surface area (TPSA) is 115 Å². The van der Waals surface area contributed by atoms with Crippen LogP contribution in [-0.2, 0) is 11.2 Å². The molecule has 0 spiro atoms. The Balaban J connectivity index is 3.05. The maximum atomic E-state index is 12.1. The van der Waals surface area contributed by atoms with Gasteiger partial charge in [-0.1, -0.05) is 26.8 Å². The van der Waals surface area contributed by atoms with Crippen LogP contribution in [0, 0.1) is 16.0 Å². The third-order valence-corrected chi connectivity index (χ3v) is 3.18. The summed E-state index contributed by atoms with van der Waals surface area (Å²) in [7, 11) is 0. The number of nitrogens with one attached hydrogen (secondary N) is 1. The fourth-order valence-electron chi connectivity index (χ4n) is 1.96. The third kappa shape index (κ3) is 4.01. The maximum absolute atomic E-state index is 12.1. The highest BCUT2D eigenvalue weighted by molar-refractivity contribution is 5.98. The molecule has 0 radical (unpaired) electrons. The number of carbonyl (C=O) groups is 2. The molecule has 0 saturated carbocycles. The molecule has 21 heavy (non-hydrogen) atoms. The minimum absolute atomic E-state index is 0.106. The van der Waals surface area contributed by atoms with Crippen LogP contribution < -0.4 is 11.1 Å². The van der Waals surface area contributed by atoms with Crippen LogP contribution in [-0.4, -0.2) is 22.8 Å². The van der Waals surface area contributed by atoms with E-state index in [0.29, 0.717) is 12.0 Å². The molecule has 0 heterocycles. The van der Waals surface area contributed by atoms with E-state index in [1.54, 1.807) is 26.8 Å². The van der Waals surface area contributed by atoms with Gasteiger partial charge in [0.05, 0.1) is 4.92 Å². The number of aryl methyl sites for hydroxylation is 1. The molecule has 0 aromatic heterocycles. The molecule has 114 valence electrons. The van der Waals surface area contributed by atoms with Crippen molar-refractivity contribution in [3.8, 4) is 0 Å². The fourth-order valence-corrected chi connectivity index (χ4v) is 1.96. The first-order valence-electron chi connectivity index (χ1n) is 6.65. The summed E-state index contributed by atoms with van der Waals surface area (Å²) in [5.74, 6) is -1.37. The van der Waals surface area contributed by atoms with E-state index >= 15 is 0 Å². The Bertz CT molecular complexity index is 569. The molecule has 1 rings (SSSR count). The molecule has 0 aliphatic carbocycles. The Morgan fingerprint density at radius 3 is 2.43 bits per heavy atom. The summed E-state index contributed by atoms with van der Waals surface area (Å²) in [6.45, 7) is 5.29. The van der Waals surface area contributed by atoms with Crippen molar-refractivity contribution in [2.24, 2.45) is 11.7 Å². The van der Waals surface area contributed by atoms with Gasteiger partial charge in [-0.05, 0) is 18.4 Å². The molecule has 1 atom stereocenters. The summed E-state index contributed by atoms with van der Waals surface area (Å²) in [5, 5.41) is 13.5. The summed E-state index contributed by atoms with van der Waals surface area (Å²) >= 11 is 0. The minimum Gasteiger partial charge on any atom is -0.368 e. The molecule has 1 aromatic carbocycles. The van der Waals surface area contributed by atoms with Gasteiger partial charge < -0.3 is 11.1 Å². The molecule has 0 bridgehead atoms. The van der Waals surface area contributed by atoms with Gasteiger partial charge in [-0.2, -0.15) is 0 Å². The lowest BCUT2D eigenvalue weighted by Crippen LogP contribution is -2.47. The monoisotopic (exact) mass is 293 g/mol. The average Bonchev–Trinajstić information content (AvgIpc) is 2.42. The molecular weight excluding hydrogens is 274 g/mol. The van der Waals surface area contributed by atoms with Crippen LogP contribution in [0.4, 0.5) is 5.69 Å². The second kappa shape index (κ2) is 6.83. The van der Waals surface area contributed by atoms with Crippen molar-refractivity contribution in [3.05, 3.63) is 39.4 Å². The summed E-state index contributed by atoms with van der Waals surface area (Å²) in [6.07, 6.45) is 0.494. The minimum atomic E-state index is -0.817. The molecule has 0 aliphatic rings. The number of carbonyl (C=O) groups excluding carboxylic acids is 2. The van der Waals surface area contributed by atoms with Crippen molar-refractivity contribution >= 4 is 17.5 Å². The number of nitro benzene ring substituents is 1. The lowest BCUT2D eigenvalue weighted by molar-refractivity contribution is -0.385. The van der Waals surface area contributed by atoms with Crippen LogP contribution in [0.25, 0.3) is 0 Å². The molecule has 0 aliphatic heterocycles. The molecule has 7 nitrogen and oxygen atoms in total. The first kappa shape index (κ1) is 16.6. The first-order chi connectivity index (χ1) is 9.77. The van der Waals surface area contributed by atoms with Crippen LogP contribution in [0.5, 0.6) is 0 Å². The summed E-state index contributed by atoms with van der Waals surface area (Å²) in [4.78, 5) is 33.8. The Labute approximate surface area is 122 Å². The number of hydrogen-bond donors (Lipinski definition) is 2. The largest absolute Gasteiger partial charge is 0.368 e. The predicted molar refractivity (Wildman–Crippen MR) is 77.8 cm³/mol. The van der Waals surface area contributed by atoms with E-state index in [0.717, 1.165) is 0 Å². The van der Waals surface area contributed by atoms with Crippen molar-refractivity contribution in [2.45, 2.75) is 33.2 Å². The number of nitrogens with zero attached hydrogens (tertiary/aromatic N) is 1. The maximum Gasteiger partial charge on any atom is 0.273 e. The first-order valence-corrected chi connectivity index (χ1v) is 6.65. The smallest absolute Gasteiger partial charge is 0.273 e. The summed E-state index contributed by atoms with van der Waals surface area (Å²) in [6, 6.07) is 3.44. The Morgan fingerprint density at radius 1 is 1.38 bits per heavy atom. The number of rotatable bonds is 6. The van der Waals surface area contributed by atoms with Crippen molar-refractivity contribution in [2.75, 3.05) is 0 Å². The van der Waals surface area contributed by atoms with Crippen LogP contribution in [0.2, 0.25) is 0 Å². The van der Waals surface area contributed by atoms with Gasteiger partial charge in [-0.15, -0.1) is 0 Å². The van der Waals surface area contributed by atoms with Gasteiger partial charge in [0.2, 0.25) is 5.91 Å². The molecule has 0 saturated heterocycles. The molecule has 7 heteroatoms. The van der Waals surface area contributed by atoms with Crippen molar-refractivity contribution in [3.63, 3.8) is 0 Å². The molecular formula is C14H19N3O4. The highest BCUT2D eigenvalue weighted by Crippen LogP contribution is 2.21. The van der Waals surface area contributed by atoms with Crippen molar-refractivity contribution < 1.29 is 14.5 Å². The molecule has 2 amide bonds. The van der Waals surface area contributed by atoms with Gasteiger partial charge in [0, 0.05) is 17.2 Å². The lowest BCUT2D eigenvalue weighted by atomic mass is 10.0. The van der Waals surface area contributed by atoms with Gasteiger partial charge in [0.15, 0.2) is 0 Å². The van der Waals surface area contributed by atoms with E-state index in [9.17, 15) is 19.7 Å². The van der Waals surface area contributed by atoms with Crippen molar-refractivity contribution in [1.29, 1.82) is 0 Å². The van der Waals surface area contributed by atoms with E-state index in [-0.39, 0.29) is 17.2 Å². The van der Waals surface area contributed by atoms with Crippen LogP contribution in [0.1, 0.15) is 36.7 Å². The molecule has 0 unspecified atom stereocenters. The number of amides is 2. The number of benzene rings is 1.